The predicted octanol–water partition coefficient (Wildman–Crippen LogP) is -0.229. The monoisotopic (exact) mass is 132 g/mol. The largest absolute Gasteiger partial charge is 0.480 e. The molecule has 1 fully saturated rings. The Hall–Kier alpha value is -0.640. The van der Waals surface area contributed by atoms with Crippen molar-refractivity contribution in [3.8, 4) is 0 Å². The molecule has 0 aromatic heterocycles. The van der Waals surface area contributed by atoms with Crippen molar-refractivity contribution >= 4 is 5.97 Å². The quantitative estimate of drug-likeness (QED) is 0.518. The summed E-state index contributed by atoms with van der Waals surface area (Å²) in [5.41, 5.74) is 0. The number of carboxylic acid groups (broad SMARTS) is 1. The smallest absolute Gasteiger partial charge is 0.320 e. The normalized spacial score (nSPS) is 34.8. The molecule has 1 heterocycles. The van der Waals surface area contributed by atoms with E-state index in [-0.39, 0.29) is 13.0 Å². The highest BCUT2D eigenvalue weighted by Gasteiger charge is 2.28. The number of aliphatic carboxylic acids is 1. The Morgan fingerprint density at radius 2 is 2.44 bits per heavy atom. The average Bonchev–Trinajstić information content (AvgIpc) is 2.14. The maximum Gasteiger partial charge on any atom is 0.320 e. The van der Waals surface area contributed by atoms with Gasteiger partial charge < -0.3 is 10.4 Å². The molecule has 0 spiro atoms. The van der Waals surface area contributed by atoms with Gasteiger partial charge in [0.15, 0.2) is 0 Å². The topological polar surface area (TPSA) is 49.3 Å². The number of halogens is 1. The zero-order valence-corrected chi connectivity index (χ0v) is 4.80. The summed E-state index contributed by atoms with van der Waals surface area (Å²) in [6.45, 7) is 0.178. The lowest BCUT2D eigenvalue weighted by atomic mass is 10.2. The molecule has 0 aliphatic carbocycles. The van der Waals surface area contributed by atoms with Gasteiger partial charge in [-0.3, -0.25) is 4.79 Å². The third kappa shape index (κ3) is 1.38. The third-order valence-electron chi connectivity index (χ3n) is 1.38. The minimum Gasteiger partial charge on any atom is -0.480 e. The van der Waals surface area contributed by atoms with Gasteiger partial charge in [0.05, 0.1) is 0 Å². The van der Waals surface area contributed by atoms with Gasteiger partial charge in [0.2, 0.25) is 0 Å². The molecule has 9 heavy (non-hydrogen) atoms. The van der Waals surface area contributed by atoms with Gasteiger partial charge in [-0.2, -0.15) is 0 Å². The molecule has 1 aliphatic heterocycles. The van der Waals surface area contributed by atoms with Gasteiger partial charge in [0, 0.05) is 13.0 Å². The molecule has 0 saturated carbocycles. The van der Waals surface area contributed by atoms with E-state index in [2.05, 4.69) is 5.32 Å². The molecule has 1 rings (SSSR count). The van der Waals surface area contributed by atoms with Crippen LogP contribution in [0, 0.1) is 0 Å². The molecule has 0 radical (unpaired) electrons. The summed E-state index contributed by atoms with van der Waals surface area (Å²) in [6.07, 6.45) is -0.874. The number of rotatable bonds is 1. The number of alkyl halides is 1. The first-order valence-corrected chi connectivity index (χ1v) is 2.80. The van der Waals surface area contributed by atoms with Crippen LogP contribution in [0.4, 0.5) is 4.39 Å². The highest BCUT2D eigenvalue weighted by molar-refractivity contribution is 5.73. The molecule has 0 aromatic rings. The standard InChI is InChI=1S/C5H8FNO2/c6-3-1-4(5(8)9)7-2-3/h3-4,7H,1-2H2,(H,8,9)/t3-,4-/m0/s1/i6-1. The molecular weight excluding hydrogens is 124 g/mol. The second-order valence-electron chi connectivity index (χ2n) is 2.13. The second kappa shape index (κ2) is 2.31. The number of nitrogens with one attached hydrogen (secondary N) is 1. The Balaban J connectivity index is 2.39. The molecule has 1 aliphatic rings. The number of carbonyl (C=O) groups is 1. The van der Waals surface area contributed by atoms with Crippen LogP contribution in [-0.4, -0.2) is 29.8 Å². The van der Waals surface area contributed by atoms with E-state index in [1.165, 1.54) is 0 Å². The lowest BCUT2D eigenvalue weighted by Gasteiger charge is -1.99. The molecule has 52 valence electrons. The van der Waals surface area contributed by atoms with Crippen molar-refractivity contribution in [1.82, 2.24) is 5.32 Å². The summed E-state index contributed by atoms with van der Waals surface area (Å²) >= 11 is 0. The highest BCUT2D eigenvalue weighted by Crippen LogP contribution is 2.09. The highest BCUT2D eigenvalue weighted by atomic mass is 18.2. The van der Waals surface area contributed by atoms with Gasteiger partial charge in [-0.1, -0.05) is 0 Å². The van der Waals surface area contributed by atoms with Crippen LogP contribution in [0.25, 0.3) is 0 Å². The van der Waals surface area contributed by atoms with E-state index in [4.69, 9.17) is 5.11 Å². The molecule has 3 nitrogen and oxygen atoms in total. The molecule has 0 amide bonds. The van der Waals surface area contributed by atoms with Crippen LogP contribution in [0.1, 0.15) is 6.42 Å². The fourth-order valence-electron chi connectivity index (χ4n) is 0.881. The molecule has 2 atom stereocenters. The van der Waals surface area contributed by atoms with Gasteiger partial charge in [0.1, 0.15) is 12.2 Å². The summed E-state index contributed by atoms with van der Waals surface area (Å²) in [5.74, 6) is -0.963. The van der Waals surface area contributed by atoms with Crippen molar-refractivity contribution in [2.45, 2.75) is 18.6 Å². The molecule has 1 saturated heterocycles. The Kier molecular flexibility index (Phi) is 1.66. The molecule has 0 unspecified atom stereocenters. The van der Waals surface area contributed by atoms with E-state index in [1.54, 1.807) is 0 Å². The van der Waals surface area contributed by atoms with Crippen LogP contribution in [0.15, 0.2) is 0 Å². The van der Waals surface area contributed by atoms with E-state index in [0.717, 1.165) is 0 Å². The molecule has 2 N–H and O–H groups in total. The van der Waals surface area contributed by atoms with Crippen LogP contribution in [0.2, 0.25) is 0 Å². The summed E-state index contributed by atoms with van der Waals surface area (Å²) in [5, 5.41) is 10.8. The first-order valence-electron chi connectivity index (χ1n) is 2.80. The van der Waals surface area contributed by atoms with Gasteiger partial charge in [0.25, 0.3) is 0 Å². The SMILES string of the molecule is O=C(O)[C@@H]1C[C@H]([18F])CN1. The van der Waals surface area contributed by atoms with E-state index in [9.17, 15) is 9.18 Å². The molecule has 4 heteroatoms. The number of hydrogen-bond acceptors (Lipinski definition) is 2. The van der Waals surface area contributed by atoms with E-state index >= 15 is 0 Å². The van der Waals surface area contributed by atoms with Crippen molar-refractivity contribution in [1.29, 1.82) is 0 Å². The summed E-state index contributed by atoms with van der Waals surface area (Å²) in [6, 6.07) is -0.667. The Bertz CT molecular complexity index is 128. The van der Waals surface area contributed by atoms with Crippen LogP contribution < -0.4 is 5.32 Å². The number of hydrogen-bond donors (Lipinski definition) is 2. The van der Waals surface area contributed by atoms with Crippen molar-refractivity contribution in [2.75, 3.05) is 6.54 Å². The van der Waals surface area contributed by atoms with Gasteiger partial charge in [-0.15, -0.1) is 0 Å². The van der Waals surface area contributed by atoms with Crippen LogP contribution in [0.3, 0.4) is 0 Å². The zero-order chi connectivity index (χ0) is 6.85. The van der Waals surface area contributed by atoms with Crippen molar-refractivity contribution in [3.05, 3.63) is 0 Å². The minimum absolute atomic E-state index is 0.106. The van der Waals surface area contributed by atoms with Crippen LogP contribution >= 0.6 is 0 Å². The predicted molar refractivity (Wildman–Crippen MR) is 28.9 cm³/mol. The van der Waals surface area contributed by atoms with Gasteiger partial charge >= 0.3 is 5.97 Å². The minimum atomic E-state index is -0.980. The molecular formula is C5H8FNO2. The lowest BCUT2D eigenvalue weighted by molar-refractivity contribution is -0.139. The van der Waals surface area contributed by atoms with Gasteiger partial charge in [-0.25, -0.2) is 4.39 Å². The average molecular weight is 132 g/mol. The van der Waals surface area contributed by atoms with E-state index in [0.29, 0.717) is 0 Å². The van der Waals surface area contributed by atoms with Crippen LogP contribution in [-0.2, 0) is 4.79 Å². The van der Waals surface area contributed by atoms with Crippen molar-refractivity contribution in [3.63, 3.8) is 0 Å². The summed E-state index contributed by atoms with van der Waals surface area (Å²) in [7, 11) is 0. The lowest BCUT2D eigenvalue weighted by Crippen LogP contribution is -2.29. The fraction of sp³-hybridized carbons (Fsp3) is 0.800. The Morgan fingerprint density at radius 1 is 1.78 bits per heavy atom. The number of carboxylic acids is 1. The second-order valence-corrected chi connectivity index (χ2v) is 2.13. The third-order valence-corrected chi connectivity index (χ3v) is 1.38. The summed E-state index contributed by atoms with van der Waals surface area (Å²) in [4.78, 5) is 10.1. The van der Waals surface area contributed by atoms with Gasteiger partial charge in [-0.05, 0) is 0 Å². The zero-order valence-electron chi connectivity index (χ0n) is 4.80. The maximum atomic E-state index is 12.2. The first kappa shape index (κ1) is 6.48. The fourth-order valence-corrected chi connectivity index (χ4v) is 0.881. The van der Waals surface area contributed by atoms with E-state index < -0.39 is 18.2 Å². The Labute approximate surface area is 51.9 Å². The molecule has 0 bridgehead atoms. The molecule has 0 aromatic carbocycles. The maximum absolute atomic E-state index is 12.2. The van der Waals surface area contributed by atoms with Crippen molar-refractivity contribution < 1.29 is 14.3 Å². The van der Waals surface area contributed by atoms with Crippen LogP contribution in [0.5, 0.6) is 0 Å². The van der Waals surface area contributed by atoms with E-state index in [1.807, 2.05) is 0 Å². The summed E-state index contributed by atoms with van der Waals surface area (Å²) < 4.78 is 12.2. The Morgan fingerprint density at radius 3 is 2.67 bits per heavy atom. The van der Waals surface area contributed by atoms with Crippen molar-refractivity contribution in [2.24, 2.45) is 0 Å². The first-order chi connectivity index (χ1) is 4.20.